The Morgan fingerprint density at radius 2 is 1.80 bits per heavy atom. The van der Waals surface area contributed by atoms with Crippen molar-refractivity contribution >= 4 is 12.0 Å². The van der Waals surface area contributed by atoms with Crippen molar-refractivity contribution in [3.63, 3.8) is 0 Å². The maximum absolute atomic E-state index is 11.6. The summed E-state index contributed by atoms with van der Waals surface area (Å²) in [5.74, 6) is -0.768. The van der Waals surface area contributed by atoms with Crippen LogP contribution in [0.4, 0.5) is 4.79 Å². The molecule has 0 aromatic carbocycles. The number of carboxylic acid groups (broad SMARTS) is 1. The topological polar surface area (TPSA) is 81.7 Å². The largest absolute Gasteiger partial charge is 0.480 e. The van der Waals surface area contributed by atoms with Crippen molar-refractivity contribution in [2.45, 2.75) is 46.6 Å². The normalized spacial score (nSPS) is 12.5. The first-order chi connectivity index (χ1) is 9.40. The molecule has 0 aromatic rings. The lowest BCUT2D eigenvalue weighted by Gasteiger charge is -2.19. The molecule has 6 nitrogen and oxygen atoms in total. The zero-order chi connectivity index (χ0) is 15.5. The van der Waals surface area contributed by atoms with Gasteiger partial charge in [0.1, 0.15) is 6.04 Å². The molecule has 6 heteroatoms. The van der Waals surface area contributed by atoms with Gasteiger partial charge < -0.3 is 20.6 Å². The fraction of sp³-hybridized carbons (Fsp3) is 0.857. The molecule has 0 aliphatic rings. The van der Waals surface area contributed by atoms with E-state index in [4.69, 9.17) is 5.11 Å². The highest BCUT2D eigenvalue weighted by Crippen LogP contribution is 2.04. The number of carboxylic acids is 1. The molecular weight excluding hydrogens is 258 g/mol. The minimum Gasteiger partial charge on any atom is -0.480 e. The Kier molecular flexibility index (Phi) is 9.80. The van der Waals surface area contributed by atoms with Crippen molar-refractivity contribution in [2.75, 3.05) is 26.2 Å². The van der Waals surface area contributed by atoms with E-state index in [9.17, 15) is 9.59 Å². The smallest absolute Gasteiger partial charge is 0.326 e. The van der Waals surface area contributed by atoms with E-state index in [1.165, 1.54) is 0 Å². The van der Waals surface area contributed by atoms with E-state index in [2.05, 4.69) is 29.4 Å². The van der Waals surface area contributed by atoms with E-state index in [1.807, 2.05) is 13.8 Å². The number of nitrogens with one attached hydrogen (secondary N) is 2. The molecule has 118 valence electrons. The molecule has 0 aromatic heterocycles. The minimum absolute atomic E-state index is 0.221. The molecule has 0 fully saturated rings. The molecule has 0 radical (unpaired) electrons. The molecule has 0 saturated heterocycles. The summed E-state index contributed by atoms with van der Waals surface area (Å²) in [4.78, 5) is 24.9. The predicted molar refractivity (Wildman–Crippen MR) is 79.8 cm³/mol. The number of amides is 2. The van der Waals surface area contributed by atoms with Gasteiger partial charge in [-0.15, -0.1) is 0 Å². The number of nitrogens with zero attached hydrogens (tertiary/aromatic N) is 1. The van der Waals surface area contributed by atoms with Gasteiger partial charge in [0.25, 0.3) is 0 Å². The van der Waals surface area contributed by atoms with Crippen LogP contribution in [0, 0.1) is 5.92 Å². The lowest BCUT2D eigenvalue weighted by Crippen LogP contribution is -2.47. The highest BCUT2D eigenvalue weighted by atomic mass is 16.4. The van der Waals surface area contributed by atoms with Gasteiger partial charge in [-0.2, -0.15) is 0 Å². The summed E-state index contributed by atoms with van der Waals surface area (Å²) in [7, 11) is 0. The van der Waals surface area contributed by atoms with Crippen LogP contribution < -0.4 is 10.6 Å². The Hall–Kier alpha value is -1.30. The second kappa shape index (κ2) is 10.5. The first kappa shape index (κ1) is 18.7. The van der Waals surface area contributed by atoms with E-state index in [0.29, 0.717) is 13.0 Å². The van der Waals surface area contributed by atoms with Crippen molar-refractivity contribution in [3.8, 4) is 0 Å². The van der Waals surface area contributed by atoms with Crippen molar-refractivity contribution in [1.29, 1.82) is 0 Å². The number of rotatable bonds is 10. The van der Waals surface area contributed by atoms with Crippen LogP contribution in [0.5, 0.6) is 0 Å². The van der Waals surface area contributed by atoms with E-state index < -0.39 is 18.0 Å². The lowest BCUT2D eigenvalue weighted by atomic mass is 10.0. The summed E-state index contributed by atoms with van der Waals surface area (Å²) in [6, 6.07) is -1.23. The average Bonchev–Trinajstić information content (AvgIpc) is 2.37. The van der Waals surface area contributed by atoms with Gasteiger partial charge in [0.2, 0.25) is 0 Å². The van der Waals surface area contributed by atoms with Gasteiger partial charge >= 0.3 is 12.0 Å². The summed E-state index contributed by atoms with van der Waals surface area (Å²) in [5, 5.41) is 14.2. The van der Waals surface area contributed by atoms with Gasteiger partial charge in [-0.3, -0.25) is 0 Å². The van der Waals surface area contributed by atoms with Crippen LogP contribution in [-0.4, -0.2) is 54.2 Å². The van der Waals surface area contributed by atoms with Gasteiger partial charge in [-0.25, -0.2) is 9.59 Å². The maximum atomic E-state index is 11.6. The third kappa shape index (κ3) is 8.74. The Morgan fingerprint density at radius 1 is 1.20 bits per heavy atom. The van der Waals surface area contributed by atoms with Crippen LogP contribution in [0.3, 0.4) is 0 Å². The minimum atomic E-state index is -0.989. The van der Waals surface area contributed by atoms with Crippen molar-refractivity contribution < 1.29 is 14.7 Å². The number of aliphatic carboxylic acids is 1. The number of urea groups is 1. The first-order valence-corrected chi connectivity index (χ1v) is 7.40. The Bertz CT molecular complexity index is 291. The highest BCUT2D eigenvalue weighted by molar-refractivity contribution is 5.82. The average molecular weight is 287 g/mol. The zero-order valence-corrected chi connectivity index (χ0v) is 13.1. The molecule has 3 N–H and O–H groups in total. The molecule has 0 spiro atoms. The highest BCUT2D eigenvalue weighted by Gasteiger charge is 2.20. The molecule has 1 unspecified atom stereocenters. The fourth-order valence-electron chi connectivity index (χ4n) is 1.95. The van der Waals surface area contributed by atoms with Crippen LogP contribution >= 0.6 is 0 Å². The number of hydrogen-bond donors (Lipinski definition) is 3. The summed E-state index contributed by atoms with van der Waals surface area (Å²) in [6.07, 6.45) is 1.29. The van der Waals surface area contributed by atoms with Gasteiger partial charge in [-0.05, 0) is 38.4 Å². The summed E-state index contributed by atoms with van der Waals surface area (Å²) < 4.78 is 0. The Balaban J connectivity index is 3.93. The molecule has 1 atom stereocenters. The molecule has 0 bridgehead atoms. The van der Waals surface area contributed by atoms with Crippen LogP contribution in [0.1, 0.15) is 40.5 Å². The SMILES string of the molecule is CCN(CC)CCCNC(=O)NC(CC(C)C)C(=O)O. The van der Waals surface area contributed by atoms with E-state index in [1.54, 1.807) is 0 Å². The molecular formula is C14H29N3O3. The second-order valence-electron chi connectivity index (χ2n) is 5.30. The predicted octanol–water partition coefficient (Wildman–Crippen LogP) is 1.52. The summed E-state index contributed by atoms with van der Waals surface area (Å²) >= 11 is 0. The van der Waals surface area contributed by atoms with Crippen LogP contribution in [-0.2, 0) is 4.79 Å². The quantitative estimate of drug-likeness (QED) is 0.532. The van der Waals surface area contributed by atoms with Gasteiger partial charge in [-0.1, -0.05) is 27.7 Å². The van der Waals surface area contributed by atoms with E-state index >= 15 is 0 Å². The molecule has 0 rings (SSSR count). The third-order valence-electron chi connectivity index (χ3n) is 3.14. The van der Waals surface area contributed by atoms with Crippen molar-refractivity contribution in [1.82, 2.24) is 15.5 Å². The summed E-state index contributed by atoms with van der Waals surface area (Å²) in [6.45, 7) is 11.5. The number of hydrogen-bond acceptors (Lipinski definition) is 3. The lowest BCUT2D eigenvalue weighted by molar-refractivity contribution is -0.139. The van der Waals surface area contributed by atoms with Crippen LogP contribution in [0.2, 0.25) is 0 Å². The van der Waals surface area contributed by atoms with Crippen LogP contribution in [0.15, 0.2) is 0 Å². The first-order valence-electron chi connectivity index (χ1n) is 7.40. The molecule has 0 aliphatic carbocycles. The Labute approximate surface area is 121 Å². The van der Waals surface area contributed by atoms with Gasteiger partial charge in [0, 0.05) is 6.54 Å². The molecule has 0 aliphatic heterocycles. The summed E-state index contributed by atoms with van der Waals surface area (Å²) in [5.41, 5.74) is 0. The van der Waals surface area contributed by atoms with Crippen molar-refractivity contribution in [3.05, 3.63) is 0 Å². The number of carbonyl (C=O) groups excluding carboxylic acids is 1. The van der Waals surface area contributed by atoms with Crippen molar-refractivity contribution in [2.24, 2.45) is 5.92 Å². The maximum Gasteiger partial charge on any atom is 0.326 e. The Morgan fingerprint density at radius 3 is 2.25 bits per heavy atom. The van der Waals surface area contributed by atoms with E-state index in [-0.39, 0.29) is 5.92 Å². The zero-order valence-electron chi connectivity index (χ0n) is 13.1. The molecule has 0 heterocycles. The van der Waals surface area contributed by atoms with Gasteiger partial charge in [0.15, 0.2) is 0 Å². The molecule has 2 amide bonds. The standard InChI is InChI=1S/C14H29N3O3/c1-5-17(6-2)9-7-8-15-14(20)16-12(13(18)19)10-11(3)4/h11-12H,5-10H2,1-4H3,(H,18,19)(H2,15,16,20). The fourth-order valence-corrected chi connectivity index (χ4v) is 1.95. The molecule has 0 saturated carbocycles. The number of carbonyl (C=O) groups is 2. The second-order valence-corrected chi connectivity index (χ2v) is 5.30. The van der Waals surface area contributed by atoms with Gasteiger partial charge in [0.05, 0.1) is 0 Å². The van der Waals surface area contributed by atoms with E-state index in [0.717, 1.165) is 26.1 Å². The monoisotopic (exact) mass is 287 g/mol. The van der Waals surface area contributed by atoms with Crippen LogP contribution in [0.25, 0.3) is 0 Å². The molecule has 20 heavy (non-hydrogen) atoms. The third-order valence-corrected chi connectivity index (χ3v) is 3.14.